The van der Waals surface area contributed by atoms with Crippen molar-refractivity contribution in [2.24, 2.45) is 0 Å². The van der Waals surface area contributed by atoms with Crippen molar-refractivity contribution < 1.29 is 22.1 Å². The van der Waals surface area contributed by atoms with Gasteiger partial charge in [0.1, 0.15) is 29.1 Å². The first-order valence-corrected chi connectivity index (χ1v) is 13.2. The highest BCUT2D eigenvalue weighted by Gasteiger charge is 2.26. The van der Waals surface area contributed by atoms with Gasteiger partial charge in [0.05, 0.1) is 24.1 Å². The number of hydrogen-bond acceptors (Lipinski definition) is 8. The van der Waals surface area contributed by atoms with Crippen molar-refractivity contribution in [3.63, 3.8) is 0 Å². The monoisotopic (exact) mass is 507 g/mol. The van der Waals surface area contributed by atoms with Crippen LogP contribution in [-0.4, -0.2) is 59.6 Å². The second-order valence-electron chi connectivity index (χ2n) is 9.05. The van der Waals surface area contributed by atoms with Gasteiger partial charge in [0, 0.05) is 45.0 Å². The van der Waals surface area contributed by atoms with Gasteiger partial charge in [-0.05, 0) is 42.3 Å². The van der Waals surface area contributed by atoms with Gasteiger partial charge in [-0.15, -0.1) is 0 Å². The topological polar surface area (TPSA) is 118 Å². The van der Waals surface area contributed by atoms with E-state index >= 15 is 0 Å². The first-order chi connectivity index (χ1) is 17.2. The van der Waals surface area contributed by atoms with Crippen LogP contribution >= 0.6 is 0 Å². The molecule has 0 aliphatic carbocycles. The number of nitriles is 1. The molecule has 1 saturated heterocycles. The third kappa shape index (κ3) is 5.19. The number of amides is 1. The number of piperazine rings is 1. The highest BCUT2D eigenvalue weighted by atomic mass is 32.2. The van der Waals surface area contributed by atoms with Crippen molar-refractivity contribution in [1.82, 2.24) is 19.4 Å². The van der Waals surface area contributed by atoms with Crippen LogP contribution in [0.25, 0.3) is 0 Å². The SMILES string of the molecule is Cc1ncc2n1Cc1ccc(C#N)c(c1)Oc1cc(cc(OS(C)(=O)=O)c1)CN1CCN(CC1=O)C2. The molecule has 3 aromatic rings. The molecule has 6 bridgehead atoms. The summed E-state index contributed by atoms with van der Waals surface area (Å²) in [5.41, 5.74) is 2.90. The molecule has 0 radical (unpaired) electrons. The minimum absolute atomic E-state index is 0.0231. The molecule has 2 aromatic carbocycles. The standard InChI is InChI=1S/C25H25N5O5S/c1-17-27-12-21-15-28-5-6-29(25(31)16-28)13-19-7-22(10-23(8-19)35-36(2,32)33)34-24-9-18(14-30(17)21)3-4-20(24)11-26/h3-4,7-10,12H,5-6,13-16H2,1-2H3. The van der Waals surface area contributed by atoms with Crippen molar-refractivity contribution >= 4 is 16.0 Å². The lowest BCUT2D eigenvalue weighted by Crippen LogP contribution is -2.49. The summed E-state index contributed by atoms with van der Waals surface area (Å²) in [6, 6.07) is 12.3. The molecule has 0 saturated carbocycles. The fourth-order valence-corrected chi connectivity index (χ4v) is 4.97. The van der Waals surface area contributed by atoms with Crippen LogP contribution in [0, 0.1) is 18.3 Å². The molecule has 1 unspecified atom stereocenters. The number of aromatic nitrogens is 2. The maximum absolute atomic E-state index is 13.0. The van der Waals surface area contributed by atoms with E-state index < -0.39 is 10.1 Å². The maximum atomic E-state index is 13.0. The Labute approximate surface area is 209 Å². The van der Waals surface area contributed by atoms with Gasteiger partial charge in [0.2, 0.25) is 5.91 Å². The molecule has 1 amide bonds. The number of ether oxygens (including phenoxy) is 1. The highest BCUT2D eigenvalue weighted by Crippen LogP contribution is 2.32. The number of aryl methyl sites for hydroxylation is 1. The zero-order chi connectivity index (χ0) is 25.4. The van der Waals surface area contributed by atoms with Gasteiger partial charge >= 0.3 is 10.1 Å². The molecule has 10 nitrogen and oxygen atoms in total. The number of benzene rings is 2. The Balaban J connectivity index is 1.62. The summed E-state index contributed by atoms with van der Waals surface area (Å²) in [6.45, 7) is 4.79. The van der Waals surface area contributed by atoms with Crippen LogP contribution < -0.4 is 8.92 Å². The third-order valence-electron chi connectivity index (χ3n) is 6.22. The molecule has 0 N–H and O–H groups in total. The van der Waals surface area contributed by atoms with Gasteiger partial charge in [0.25, 0.3) is 0 Å². The smallest absolute Gasteiger partial charge is 0.306 e. The van der Waals surface area contributed by atoms with Crippen molar-refractivity contribution in [1.29, 1.82) is 5.26 Å². The molecule has 1 aromatic heterocycles. The fraction of sp³-hybridized carbons (Fsp3) is 0.320. The molecule has 4 heterocycles. The van der Waals surface area contributed by atoms with Crippen LogP contribution in [0.3, 0.4) is 0 Å². The largest absolute Gasteiger partial charge is 0.456 e. The Morgan fingerprint density at radius 1 is 1.06 bits per heavy atom. The third-order valence-corrected chi connectivity index (χ3v) is 6.71. The summed E-state index contributed by atoms with van der Waals surface area (Å²) in [5, 5.41) is 9.66. The maximum Gasteiger partial charge on any atom is 0.306 e. The Hall–Kier alpha value is -3.88. The molecule has 0 spiro atoms. The van der Waals surface area contributed by atoms with Gasteiger partial charge in [-0.25, -0.2) is 4.98 Å². The molecule has 3 aliphatic heterocycles. The first kappa shape index (κ1) is 23.8. The van der Waals surface area contributed by atoms with E-state index in [-0.39, 0.29) is 24.7 Å². The van der Waals surface area contributed by atoms with Crippen LogP contribution in [0.5, 0.6) is 17.2 Å². The zero-order valence-electron chi connectivity index (χ0n) is 20.0. The molecule has 11 heteroatoms. The van der Waals surface area contributed by atoms with E-state index in [9.17, 15) is 18.5 Å². The van der Waals surface area contributed by atoms with Gasteiger partial charge in [-0.1, -0.05) is 6.07 Å². The van der Waals surface area contributed by atoms with Gasteiger partial charge in [-0.3, -0.25) is 9.69 Å². The Morgan fingerprint density at radius 3 is 2.64 bits per heavy atom. The molecular weight excluding hydrogens is 482 g/mol. The quantitative estimate of drug-likeness (QED) is 0.486. The molecule has 1 atom stereocenters. The average Bonchev–Trinajstić information content (AvgIpc) is 3.13. The number of rotatable bonds is 2. The van der Waals surface area contributed by atoms with Crippen molar-refractivity contribution in [3.8, 4) is 23.3 Å². The normalized spacial score (nSPS) is 17.8. The van der Waals surface area contributed by atoms with Crippen LogP contribution in [0.1, 0.15) is 28.2 Å². The lowest BCUT2D eigenvalue weighted by atomic mass is 10.1. The van der Waals surface area contributed by atoms with Crippen molar-refractivity contribution in [2.45, 2.75) is 26.6 Å². The van der Waals surface area contributed by atoms with Gasteiger partial charge in [-0.2, -0.15) is 13.7 Å². The van der Waals surface area contributed by atoms with E-state index in [0.717, 1.165) is 23.3 Å². The summed E-state index contributed by atoms with van der Waals surface area (Å²) in [7, 11) is -3.78. The Kier molecular flexibility index (Phi) is 6.15. The van der Waals surface area contributed by atoms with E-state index in [1.165, 1.54) is 6.07 Å². The lowest BCUT2D eigenvalue weighted by molar-refractivity contribution is -0.136. The molecule has 3 aliphatic rings. The van der Waals surface area contributed by atoms with Crippen LogP contribution in [-0.2, 0) is 34.5 Å². The van der Waals surface area contributed by atoms with Gasteiger partial charge in [0.15, 0.2) is 0 Å². The predicted octanol–water partition coefficient (Wildman–Crippen LogP) is 2.40. The van der Waals surface area contributed by atoms with Gasteiger partial charge < -0.3 is 18.4 Å². The second-order valence-corrected chi connectivity index (χ2v) is 10.6. The Bertz CT molecular complexity index is 1490. The number of fused-ring (bicyclic) bond motifs is 2. The molecule has 36 heavy (non-hydrogen) atoms. The predicted molar refractivity (Wildman–Crippen MR) is 130 cm³/mol. The van der Waals surface area contributed by atoms with Crippen LogP contribution in [0.15, 0.2) is 42.6 Å². The number of carbonyl (C=O) groups is 1. The van der Waals surface area contributed by atoms with E-state index in [0.29, 0.717) is 48.8 Å². The number of nitrogens with zero attached hydrogens (tertiary/aromatic N) is 5. The van der Waals surface area contributed by atoms with E-state index in [1.807, 2.05) is 19.2 Å². The average molecular weight is 508 g/mol. The van der Waals surface area contributed by atoms with Crippen molar-refractivity contribution in [2.75, 3.05) is 25.9 Å². The van der Waals surface area contributed by atoms with E-state index in [4.69, 9.17) is 8.92 Å². The van der Waals surface area contributed by atoms with E-state index in [2.05, 4.69) is 20.5 Å². The fourth-order valence-electron chi connectivity index (χ4n) is 4.52. The number of carbonyl (C=O) groups excluding carboxylic acids is 1. The molecule has 186 valence electrons. The summed E-state index contributed by atoms with van der Waals surface area (Å²) in [4.78, 5) is 21.3. The highest BCUT2D eigenvalue weighted by molar-refractivity contribution is 7.86. The van der Waals surface area contributed by atoms with Crippen LogP contribution in [0.2, 0.25) is 0 Å². The minimum atomic E-state index is -3.78. The number of hydrogen-bond donors (Lipinski definition) is 0. The lowest BCUT2D eigenvalue weighted by Gasteiger charge is -2.34. The summed E-state index contributed by atoms with van der Waals surface area (Å²) < 4.78 is 36.9. The molecule has 6 rings (SSSR count). The second kappa shape index (κ2) is 9.29. The molecule has 1 fully saturated rings. The summed E-state index contributed by atoms with van der Waals surface area (Å²) >= 11 is 0. The minimum Gasteiger partial charge on any atom is -0.456 e. The Morgan fingerprint density at radius 2 is 1.89 bits per heavy atom. The molecular formula is C25H25N5O5S. The summed E-state index contributed by atoms with van der Waals surface area (Å²) in [6.07, 6.45) is 2.80. The van der Waals surface area contributed by atoms with Crippen molar-refractivity contribution in [3.05, 3.63) is 70.8 Å². The van der Waals surface area contributed by atoms with E-state index in [1.54, 1.807) is 29.2 Å². The first-order valence-electron chi connectivity index (χ1n) is 11.4. The summed E-state index contributed by atoms with van der Waals surface area (Å²) in [5.74, 6) is 1.54. The van der Waals surface area contributed by atoms with Crippen LogP contribution in [0.4, 0.5) is 0 Å². The number of imidazole rings is 1. The zero-order valence-corrected chi connectivity index (χ0v) is 20.8.